The molecule has 0 fully saturated rings. The number of para-hydroxylation sites is 1. The third kappa shape index (κ3) is 4.08. The Kier molecular flexibility index (Phi) is 5.31. The van der Waals surface area contributed by atoms with Crippen molar-refractivity contribution in [2.75, 3.05) is 0 Å². The van der Waals surface area contributed by atoms with Crippen LogP contribution in [-0.2, 0) is 13.2 Å². The van der Waals surface area contributed by atoms with Gasteiger partial charge in [-0.15, -0.1) is 0 Å². The Hall–Kier alpha value is -3.15. The van der Waals surface area contributed by atoms with Crippen LogP contribution in [0.15, 0.2) is 53.1 Å². The average molecular weight is 354 g/mol. The van der Waals surface area contributed by atoms with Gasteiger partial charge in [0.05, 0.1) is 16.8 Å². The van der Waals surface area contributed by atoms with Crippen molar-refractivity contribution >= 4 is 5.91 Å². The highest BCUT2D eigenvalue weighted by Gasteiger charge is 2.14. The van der Waals surface area contributed by atoms with Crippen LogP contribution in [0.25, 0.3) is 0 Å². The average Bonchev–Trinajstić information content (AvgIpc) is 2.97. The van der Waals surface area contributed by atoms with E-state index in [4.69, 9.17) is 9.26 Å². The molecular formula is C20H19FN2O3. The first-order valence-electron chi connectivity index (χ1n) is 8.21. The molecule has 1 amide bonds. The van der Waals surface area contributed by atoms with Gasteiger partial charge in [0.2, 0.25) is 0 Å². The Balaban J connectivity index is 1.67. The molecule has 0 saturated heterocycles. The predicted molar refractivity (Wildman–Crippen MR) is 94.3 cm³/mol. The van der Waals surface area contributed by atoms with Crippen molar-refractivity contribution in [3.8, 4) is 5.75 Å². The number of nitrogens with zero attached hydrogens (tertiary/aromatic N) is 1. The van der Waals surface area contributed by atoms with Gasteiger partial charge in [0.1, 0.15) is 23.9 Å². The minimum absolute atomic E-state index is 0.260. The van der Waals surface area contributed by atoms with Gasteiger partial charge in [-0.1, -0.05) is 29.4 Å². The van der Waals surface area contributed by atoms with E-state index in [2.05, 4.69) is 10.5 Å². The zero-order valence-electron chi connectivity index (χ0n) is 14.6. The topological polar surface area (TPSA) is 64.4 Å². The number of carbonyl (C=O) groups excluding carboxylic acids is 1. The van der Waals surface area contributed by atoms with Gasteiger partial charge in [0.15, 0.2) is 0 Å². The van der Waals surface area contributed by atoms with E-state index in [-0.39, 0.29) is 18.3 Å². The van der Waals surface area contributed by atoms with E-state index in [0.29, 0.717) is 23.6 Å². The summed E-state index contributed by atoms with van der Waals surface area (Å²) >= 11 is 0. The molecule has 0 unspecified atom stereocenters. The molecule has 26 heavy (non-hydrogen) atoms. The highest BCUT2D eigenvalue weighted by molar-refractivity contribution is 5.96. The van der Waals surface area contributed by atoms with Gasteiger partial charge in [0.25, 0.3) is 5.91 Å². The number of hydrogen-bond acceptors (Lipinski definition) is 4. The highest BCUT2D eigenvalue weighted by Crippen LogP contribution is 2.21. The lowest BCUT2D eigenvalue weighted by Gasteiger charge is -2.12. The molecule has 0 radical (unpaired) electrons. The number of halogens is 1. The molecule has 0 saturated carbocycles. The number of amides is 1. The summed E-state index contributed by atoms with van der Waals surface area (Å²) in [6.07, 6.45) is 0. The summed E-state index contributed by atoms with van der Waals surface area (Å²) in [7, 11) is 0. The van der Waals surface area contributed by atoms with E-state index in [1.165, 1.54) is 12.1 Å². The minimum atomic E-state index is -0.307. The van der Waals surface area contributed by atoms with Gasteiger partial charge in [-0.3, -0.25) is 4.79 Å². The van der Waals surface area contributed by atoms with Crippen molar-refractivity contribution < 1.29 is 18.4 Å². The molecule has 0 aliphatic carbocycles. The van der Waals surface area contributed by atoms with Crippen molar-refractivity contribution in [2.24, 2.45) is 0 Å². The normalized spacial score (nSPS) is 10.6. The monoisotopic (exact) mass is 354 g/mol. The van der Waals surface area contributed by atoms with Gasteiger partial charge in [-0.05, 0) is 43.7 Å². The lowest BCUT2D eigenvalue weighted by atomic mass is 10.1. The van der Waals surface area contributed by atoms with E-state index < -0.39 is 0 Å². The van der Waals surface area contributed by atoms with Crippen molar-refractivity contribution in [3.63, 3.8) is 0 Å². The maximum atomic E-state index is 12.9. The lowest BCUT2D eigenvalue weighted by molar-refractivity contribution is 0.0946. The molecular weight excluding hydrogens is 335 g/mol. The van der Waals surface area contributed by atoms with Crippen molar-refractivity contribution in [1.82, 2.24) is 10.5 Å². The molecule has 1 N–H and O–H groups in total. The second kappa shape index (κ2) is 7.82. The van der Waals surface area contributed by atoms with Gasteiger partial charge in [0, 0.05) is 6.54 Å². The molecule has 0 spiro atoms. The minimum Gasteiger partial charge on any atom is -0.488 e. The molecule has 6 heteroatoms. The molecule has 3 rings (SSSR count). The van der Waals surface area contributed by atoms with Crippen LogP contribution >= 0.6 is 0 Å². The fourth-order valence-corrected chi connectivity index (χ4v) is 2.52. The number of benzene rings is 2. The standard InChI is InChI=1S/C20H19FN2O3/c1-13-18(14(2)26-23-13)12-25-19-6-4-3-5-17(19)20(24)22-11-15-7-9-16(21)10-8-15/h3-10H,11-12H2,1-2H3,(H,22,24). The molecule has 1 heterocycles. The summed E-state index contributed by atoms with van der Waals surface area (Å²) in [6, 6.07) is 13.0. The Morgan fingerprint density at radius 2 is 1.88 bits per heavy atom. The second-order valence-corrected chi connectivity index (χ2v) is 5.90. The molecule has 5 nitrogen and oxygen atoms in total. The van der Waals surface area contributed by atoms with Crippen LogP contribution in [-0.4, -0.2) is 11.1 Å². The molecule has 134 valence electrons. The van der Waals surface area contributed by atoms with Gasteiger partial charge in [-0.2, -0.15) is 0 Å². The maximum absolute atomic E-state index is 12.9. The summed E-state index contributed by atoms with van der Waals surface area (Å²) in [5.74, 6) is 0.603. The summed E-state index contributed by atoms with van der Waals surface area (Å²) in [5.41, 5.74) is 2.88. The number of carbonyl (C=O) groups is 1. The first kappa shape index (κ1) is 17.7. The molecule has 2 aromatic carbocycles. The largest absolute Gasteiger partial charge is 0.488 e. The Morgan fingerprint density at radius 1 is 1.15 bits per heavy atom. The van der Waals surface area contributed by atoms with E-state index in [1.54, 1.807) is 36.4 Å². The molecule has 1 aromatic heterocycles. The fourth-order valence-electron chi connectivity index (χ4n) is 2.52. The third-order valence-corrected chi connectivity index (χ3v) is 4.05. The Labute approximate surface area is 150 Å². The molecule has 0 bridgehead atoms. The van der Waals surface area contributed by atoms with E-state index in [9.17, 15) is 9.18 Å². The number of rotatable bonds is 6. The quantitative estimate of drug-likeness (QED) is 0.728. The first-order chi connectivity index (χ1) is 12.5. The van der Waals surface area contributed by atoms with Gasteiger partial charge < -0.3 is 14.6 Å². The first-order valence-corrected chi connectivity index (χ1v) is 8.21. The maximum Gasteiger partial charge on any atom is 0.255 e. The zero-order chi connectivity index (χ0) is 18.5. The zero-order valence-corrected chi connectivity index (χ0v) is 14.6. The number of aromatic nitrogens is 1. The van der Waals surface area contributed by atoms with Crippen LogP contribution in [0.3, 0.4) is 0 Å². The van der Waals surface area contributed by atoms with Gasteiger partial charge in [-0.25, -0.2) is 4.39 Å². The molecule has 3 aromatic rings. The Bertz CT molecular complexity index is 884. The summed E-state index contributed by atoms with van der Waals surface area (Å²) in [6.45, 7) is 4.23. The predicted octanol–water partition coefficient (Wildman–Crippen LogP) is 3.94. The fraction of sp³-hybridized carbons (Fsp3) is 0.200. The number of nitrogens with one attached hydrogen (secondary N) is 1. The third-order valence-electron chi connectivity index (χ3n) is 4.05. The lowest BCUT2D eigenvalue weighted by Crippen LogP contribution is -2.23. The van der Waals surface area contributed by atoms with E-state index >= 15 is 0 Å². The van der Waals surface area contributed by atoms with Crippen LogP contribution in [0.2, 0.25) is 0 Å². The summed E-state index contributed by atoms with van der Waals surface area (Å²) in [4.78, 5) is 12.5. The smallest absolute Gasteiger partial charge is 0.255 e. The number of ether oxygens (including phenoxy) is 1. The van der Waals surface area contributed by atoms with Crippen LogP contribution in [0.1, 0.15) is 32.9 Å². The van der Waals surface area contributed by atoms with Crippen molar-refractivity contribution in [1.29, 1.82) is 0 Å². The van der Waals surface area contributed by atoms with Crippen LogP contribution in [0.5, 0.6) is 5.75 Å². The molecule has 0 aliphatic rings. The van der Waals surface area contributed by atoms with Crippen molar-refractivity contribution in [2.45, 2.75) is 27.0 Å². The second-order valence-electron chi connectivity index (χ2n) is 5.90. The summed E-state index contributed by atoms with van der Waals surface area (Å²) in [5, 5.41) is 6.71. The highest BCUT2D eigenvalue weighted by atomic mass is 19.1. The summed E-state index contributed by atoms with van der Waals surface area (Å²) < 4.78 is 23.9. The molecule has 0 atom stereocenters. The molecule has 0 aliphatic heterocycles. The van der Waals surface area contributed by atoms with Crippen LogP contribution in [0.4, 0.5) is 4.39 Å². The number of hydrogen-bond donors (Lipinski definition) is 1. The SMILES string of the molecule is Cc1noc(C)c1COc1ccccc1C(=O)NCc1ccc(F)cc1. The Morgan fingerprint density at radius 3 is 2.58 bits per heavy atom. The van der Waals surface area contributed by atoms with Crippen LogP contribution in [0, 0.1) is 19.7 Å². The van der Waals surface area contributed by atoms with E-state index in [1.807, 2.05) is 13.8 Å². The van der Waals surface area contributed by atoms with Gasteiger partial charge >= 0.3 is 0 Å². The number of aryl methyl sites for hydroxylation is 2. The van der Waals surface area contributed by atoms with Crippen molar-refractivity contribution in [3.05, 3.63) is 82.5 Å². The van der Waals surface area contributed by atoms with Crippen LogP contribution < -0.4 is 10.1 Å². The van der Waals surface area contributed by atoms with E-state index in [0.717, 1.165) is 16.8 Å².